The number of aryl methyl sites for hydroxylation is 2. The van der Waals surface area contributed by atoms with E-state index in [-0.39, 0.29) is 49.7 Å². The maximum Gasteiger partial charge on any atom is 0.410 e. The largest absolute Gasteiger partial charge is 0.453 e. The number of likely N-dealkylation sites (N-methyl/N-ethyl adjacent to an activating group) is 2. The number of rotatable bonds is 24. The molecule has 0 saturated carbocycles. The Balaban J connectivity index is 0.000000295. The van der Waals surface area contributed by atoms with Crippen LogP contribution in [-0.2, 0) is 33.2 Å². The van der Waals surface area contributed by atoms with Gasteiger partial charge < -0.3 is 64.6 Å². The van der Waals surface area contributed by atoms with Gasteiger partial charge in [0.2, 0.25) is 0 Å². The summed E-state index contributed by atoms with van der Waals surface area (Å²) in [6.45, 7) is 14.5. The molecule has 2 saturated heterocycles. The summed E-state index contributed by atoms with van der Waals surface area (Å²) in [7, 11) is 6.28. The van der Waals surface area contributed by atoms with Gasteiger partial charge in [0.15, 0.2) is 0 Å². The summed E-state index contributed by atoms with van der Waals surface area (Å²) in [6, 6.07) is 30.8. The zero-order chi connectivity index (χ0) is 57.2. The molecule has 5 amide bonds. The lowest BCUT2D eigenvalue weighted by Crippen LogP contribution is -2.48. The molecule has 0 aromatic heterocycles. The van der Waals surface area contributed by atoms with Crippen LogP contribution in [0.5, 0.6) is 0 Å². The number of carbonyl (C=O) groups excluding carboxylic acids is 5. The Bertz CT molecular complexity index is 2530. The van der Waals surface area contributed by atoms with Gasteiger partial charge in [0.05, 0.1) is 33.5 Å². The Kier molecular flexibility index (Phi) is 26.5. The van der Waals surface area contributed by atoms with Crippen molar-refractivity contribution in [3.63, 3.8) is 0 Å². The third kappa shape index (κ3) is 22.2. The van der Waals surface area contributed by atoms with Crippen molar-refractivity contribution in [2.45, 2.75) is 103 Å². The number of ether oxygens (including phenoxy) is 7. The summed E-state index contributed by atoms with van der Waals surface area (Å²) < 4.78 is 38.5. The van der Waals surface area contributed by atoms with E-state index in [0.29, 0.717) is 55.7 Å². The van der Waals surface area contributed by atoms with E-state index in [9.17, 15) is 24.0 Å². The molecule has 6 rings (SSSR count). The highest BCUT2D eigenvalue weighted by atomic mass is 16.6. The summed E-state index contributed by atoms with van der Waals surface area (Å²) in [6.07, 6.45) is 3.65. The molecule has 0 aliphatic carbocycles. The van der Waals surface area contributed by atoms with E-state index < -0.39 is 30.0 Å². The van der Waals surface area contributed by atoms with E-state index in [1.807, 2.05) is 127 Å². The zero-order valence-corrected chi connectivity index (χ0v) is 47.9. The fourth-order valence-electron chi connectivity index (χ4n) is 9.50. The normalized spacial score (nSPS) is 16.8. The van der Waals surface area contributed by atoms with Gasteiger partial charge in [-0.15, -0.1) is 0 Å². The molecule has 432 valence electrons. The SMILES string of the molecule is CN[C@H](CNC(=O)c1cccc(C(OCCNC(=O)OC)c2cccc(C)c2)c1)C[C@H]1CCCOC1.COC(=O)NCCOC(c1cccc(C)c1)c1cccc(C(=O)NC[C@H](C[C@H]2CCCOC2)N(C)C(=O)OC(C)(C)C)c1. The van der Waals surface area contributed by atoms with Crippen LogP contribution >= 0.6 is 0 Å². The number of methoxy groups -OCH3 is 2. The lowest BCUT2D eigenvalue weighted by molar-refractivity contribution is 0.0112. The first-order valence-electron chi connectivity index (χ1n) is 27.5. The van der Waals surface area contributed by atoms with Crippen molar-refractivity contribution in [2.24, 2.45) is 11.8 Å². The smallest absolute Gasteiger partial charge is 0.410 e. The van der Waals surface area contributed by atoms with Gasteiger partial charge in [-0.3, -0.25) is 9.59 Å². The van der Waals surface area contributed by atoms with Crippen molar-refractivity contribution < 1.29 is 57.1 Å². The van der Waals surface area contributed by atoms with Gasteiger partial charge in [-0.25, -0.2) is 14.4 Å². The summed E-state index contributed by atoms with van der Waals surface area (Å²) in [5, 5.41) is 14.7. The van der Waals surface area contributed by atoms with E-state index in [1.54, 1.807) is 18.0 Å². The molecular formula is C61H86N6O12. The molecule has 18 heteroatoms. The highest BCUT2D eigenvalue weighted by molar-refractivity contribution is 5.95. The Morgan fingerprint density at radius 1 is 0.620 bits per heavy atom. The maximum absolute atomic E-state index is 13.4. The average Bonchev–Trinajstić information content (AvgIpc) is 3.48. The van der Waals surface area contributed by atoms with Crippen LogP contribution in [0, 0.1) is 25.7 Å². The summed E-state index contributed by atoms with van der Waals surface area (Å²) >= 11 is 0. The van der Waals surface area contributed by atoms with Gasteiger partial charge in [0.25, 0.3) is 11.8 Å². The van der Waals surface area contributed by atoms with Crippen LogP contribution in [0.1, 0.15) is 126 Å². The number of alkyl carbamates (subject to hydrolysis) is 2. The van der Waals surface area contributed by atoms with Gasteiger partial charge in [0.1, 0.15) is 17.8 Å². The first-order chi connectivity index (χ1) is 38.0. The lowest BCUT2D eigenvalue weighted by atomic mass is 9.93. The molecule has 2 aliphatic rings. The van der Waals surface area contributed by atoms with Gasteiger partial charge >= 0.3 is 18.3 Å². The molecule has 79 heavy (non-hydrogen) atoms. The van der Waals surface area contributed by atoms with Crippen LogP contribution in [0.25, 0.3) is 0 Å². The van der Waals surface area contributed by atoms with Gasteiger partial charge in [-0.1, -0.05) is 83.9 Å². The minimum Gasteiger partial charge on any atom is -0.453 e. The fraction of sp³-hybridized carbons (Fsp3) is 0.525. The van der Waals surface area contributed by atoms with Crippen LogP contribution in [0.2, 0.25) is 0 Å². The van der Waals surface area contributed by atoms with Crippen LogP contribution in [0.4, 0.5) is 14.4 Å². The molecule has 18 nitrogen and oxygen atoms in total. The molecular weight excluding hydrogens is 1010 g/mol. The van der Waals surface area contributed by atoms with Gasteiger partial charge in [0, 0.05) is 76.8 Å². The predicted molar refractivity (Wildman–Crippen MR) is 303 cm³/mol. The third-order valence-corrected chi connectivity index (χ3v) is 13.7. The minimum atomic E-state index is -0.626. The number of nitrogens with zero attached hydrogens (tertiary/aromatic N) is 1. The molecule has 2 fully saturated rings. The number of hydrogen-bond acceptors (Lipinski definition) is 13. The van der Waals surface area contributed by atoms with Gasteiger partial charge in [-0.05, 0) is 139 Å². The zero-order valence-electron chi connectivity index (χ0n) is 47.9. The number of amides is 5. The van der Waals surface area contributed by atoms with Crippen LogP contribution in [0.3, 0.4) is 0 Å². The monoisotopic (exact) mass is 1090 g/mol. The van der Waals surface area contributed by atoms with Crippen LogP contribution < -0.4 is 26.6 Å². The Morgan fingerprint density at radius 3 is 1.48 bits per heavy atom. The van der Waals surface area contributed by atoms with Crippen molar-refractivity contribution in [3.05, 3.63) is 142 Å². The van der Waals surface area contributed by atoms with Gasteiger partial charge in [-0.2, -0.15) is 0 Å². The molecule has 2 heterocycles. The average molecular weight is 1100 g/mol. The van der Waals surface area contributed by atoms with Crippen molar-refractivity contribution >= 4 is 30.1 Å². The van der Waals surface area contributed by atoms with Crippen molar-refractivity contribution in [1.29, 1.82) is 0 Å². The quantitative estimate of drug-likeness (QED) is 0.0328. The Morgan fingerprint density at radius 2 is 1.06 bits per heavy atom. The maximum atomic E-state index is 13.4. The second-order valence-corrected chi connectivity index (χ2v) is 21.2. The topological polar surface area (TPSA) is 213 Å². The number of carbonyl (C=O) groups is 5. The summed E-state index contributed by atoms with van der Waals surface area (Å²) in [5.41, 5.74) is 6.22. The third-order valence-electron chi connectivity index (χ3n) is 13.7. The molecule has 2 aliphatic heterocycles. The van der Waals surface area contributed by atoms with E-state index in [4.69, 9.17) is 23.7 Å². The number of hydrogen-bond donors (Lipinski definition) is 5. The van der Waals surface area contributed by atoms with Crippen LogP contribution in [0.15, 0.2) is 97.1 Å². The van der Waals surface area contributed by atoms with Crippen molar-refractivity contribution in [3.8, 4) is 0 Å². The minimum absolute atomic E-state index is 0.118. The first-order valence-corrected chi connectivity index (χ1v) is 27.5. The van der Waals surface area contributed by atoms with E-state index in [2.05, 4.69) is 42.1 Å². The molecule has 0 bridgehead atoms. The van der Waals surface area contributed by atoms with Crippen molar-refractivity contribution in [2.75, 3.05) is 94.1 Å². The number of benzene rings is 4. The molecule has 2 unspecified atom stereocenters. The Hall–Kier alpha value is -6.57. The second kappa shape index (κ2) is 33.1. The molecule has 4 aromatic carbocycles. The number of nitrogens with one attached hydrogen (secondary N) is 5. The van der Waals surface area contributed by atoms with Crippen molar-refractivity contribution in [1.82, 2.24) is 31.5 Å². The summed E-state index contributed by atoms with van der Waals surface area (Å²) in [4.78, 5) is 63.8. The molecule has 5 N–H and O–H groups in total. The molecule has 0 spiro atoms. The molecule has 6 atom stereocenters. The predicted octanol–water partition coefficient (Wildman–Crippen LogP) is 8.83. The standard InChI is InChI=1S/C33H47N3O7.C28H39N3O5/c1-23-10-7-12-25(18-23)29(42-17-15-34-31(38)40-6)26-13-8-14-27(20-26)30(37)35-21-28(19-24-11-9-16-41-22-24)36(5)32(39)43-33(2,3)4;1-20-7-4-9-22(15-20)26(36-14-12-30-28(33)34-3)23-10-5-11-24(17-23)27(32)31-18-25(29-2)16-21-8-6-13-35-19-21/h7-8,10,12-14,18,20,24,28-29H,9,11,15-17,19,21-22H2,1-6H3,(H,34,38)(H,35,37);4-5,7,9-11,15,17,21,25-26,29H,6,8,12-14,16,18-19H2,1-3H3,(H,30,33)(H,31,32)/t24-,28+,29?;21-,25+,26?/m11/s1. The van der Waals surface area contributed by atoms with E-state index >= 15 is 0 Å². The fourth-order valence-corrected chi connectivity index (χ4v) is 9.50. The highest BCUT2D eigenvalue weighted by Crippen LogP contribution is 2.30. The van der Waals surface area contributed by atoms with E-state index in [1.165, 1.54) is 20.6 Å². The molecule has 0 radical (unpaired) electrons. The van der Waals surface area contributed by atoms with E-state index in [0.717, 1.165) is 78.9 Å². The lowest BCUT2D eigenvalue weighted by Gasteiger charge is -2.34. The Labute approximate surface area is 467 Å². The first kappa shape index (κ1) is 63.3. The second-order valence-electron chi connectivity index (χ2n) is 21.2. The highest BCUT2D eigenvalue weighted by Gasteiger charge is 2.30. The molecule has 4 aromatic rings. The summed E-state index contributed by atoms with van der Waals surface area (Å²) in [5.74, 6) is 0.453. The van der Waals surface area contributed by atoms with Crippen LogP contribution in [-0.4, -0.2) is 147 Å².